The van der Waals surface area contributed by atoms with Gasteiger partial charge in [0, 0.05) is 5.38 Å². The summed E-state index contributed by atoms with van der Waals surface area (Å²) in [5.41, 5.74) is 1.61. The number of aromatic nitrogens is 4. The number of aryl methyl sites for hydroxylation is 1. The van der Waals surface area contributed by atoms with Crippen LogP contribution in [0, 0.1) is 6.92 Å². The van der Waals surface area contributed by atoms with Crippen molar-refractivity contribution in [3.63, 3.8) is 0 Å². The number of nitrogens with one attached hydrogen (secondary N) is 1. The van der Waals surface area contributed by atoms with Crippen molar-refractivity contribution in [1.82, 2.24) is 19.6 Å². The monoisotopic (exact) mass is 276 g/mol. The number of fused-ring (bicyclic) bond motifs is 1. The highest BCUT2D eigenvalue weighted by Crippen LogP contribution is 2.19. The molecule has 0 aromatic carbocycles. The number of aromatic amines is 1. The quantitative estimate of drug-likeness (QED) is 0.779. The van der Waals surface area contributed by atoms with Gasteiger partial charge < -0.3 is 4.98 Å². The van der Waals surface area contributed by atoms with Gasteiger partial charge in [-0.2, -0.15) is 0 Å². The van der Waals surface area contributed by atoms with Crippen molar-refractivity contribution in [3.05, 3.63) is 38.2 Å². The molecular weight excluding hydrogens is 268 g/mol. The fourth-order valence-corrected chi connectivity index (χ4v) is 2.94. The third kappa shape index (κ3) is 1.98. The molecule has 3 aromatic rings. The number of hydrogen-bond acceptors (Lipinski definition) is 6. The van der Waals surface area contributed by atoms with Gasteiger partial charge in [-0.15, -0.1) is 16.4 Å². The first-order valence-corrected chi connectivity index (χ1v) is 6.89. The van der Waals surface area contributed by atoms with Crippen LogP contribution in [0.5, 0.6) is 0 Å². The lowest BCUT2D eigenvalue weighted by atomic mass is 10.3. The molecule has 0 atom stereocenters. The summed E-state index contributed by atoms with van der Waals surface area (Å²) in [6.07, 6.45) is 3.50. The van der Waals surface area contributed by atoms with E-state index in [1.54, 1.807) is 12.2 Å². The molecule has 0 aliphatic heterocycles. The number of H-pyrrole nitrogens is 1. The van der Waals surface area contributed by atoms with E-state index in [0.29, 0.717) is 11.2 Å². The minimum atomic E-state index is -0.102. The zero-order valence-electron chi connectivity index (χ0n) is 9.38. The minimum Gasteiger partial charge on any atom is -0.306 e. The maximum absolute atomic E-state index is 11.9. The second-order valence-electron chi connectivity index (χ2n) is 3.71. The summed E-state index contributed by atoms with van der Waals surface area (Å²) in [6.45, 7) is 1.91. The van der Waals surface area contributed by atoms with E-state index in [-0.39, 0.29) is 5.56 Å². The van der Waals surface area contributed by atoms with Crippen molar-refractivity contribution < 1.29 is 0 Å². The van der Waals surface area contributed by atoms with Crippen molar-refractivity contribution in [2.24, 2.45) is 0 Å². The predicted octanol–water partition coefficient (Wildman–Crippen LogP) is 2.31. The summed E-state index contributed by atoms with van der Waals surface area (Å²) >= 11 is 2.76. The van der Waals surface area contributed by atoms with Gasteiger partial charge in [-0.1, -0.05) is 4.49 Å². The van der Waals surface area contributed by atoms with Crippen LogP contribution in [0.2, 0.25) is 0 Å². The Labute approximate surface area is 110 Å². The molecule has 0 bridgehead atoms. The molecule has 0 radical (unpaired) electrons. The third-order valence-corrected chi connectivity index (χ3v) is 3.95. The van der Waals surface area contributed by atoms with Crippen LogP contribution in [-0.2, 0) is 0 Å². The molecule has 0 aliphatic rings. The summed E-state index contributed by atoms with van der Waals surface area (Å²) in [4.78, 5) is 19.8. The molecular formula is C11H8N4OS2. The third-order valence-electron chi connectivity index (χ3n) is 2.44. The van der Waals surface area contributed by atoms with E-state index in [1.165, 1.54) is 22.9 Å². The molecule has 0 saturated heterocycles. The standard InChI is InChI=1S/C11H8N4OS2/c1-6-4-17-11-9(6)10(16)12-8(13-11)3-2-7-5-18-15-14-7/h2-5H,1H3,(H,12,13,16)/b3-2+. The maximum atomic E-state index is 11.9. The molecule has 7 heteroatoms. The average Bonchev–Trinajstić information content (AvgIpc) is 2.97. The van der Waals surface area contributed by atoms with Gasteiger partial charge in [0.25, 0.3) is 5.56 Å². The zero-order chi connectivity index (χ0) is 12.5. The summed E-state index contributed by atoms with van der Waals surface area (Å²) < 4.78 is 3.76. The Balaban J connectivity index is 2.06. The van der Waals surface area contributed by atoms with Crippen molar-refractivity contribution in [2.75, 3.05) is 0 Å². The molecule has 0 fully saturated rings. The molecule has 0 saturated carbocycles. The van der Waals surface area contributed by atoms with Crippen molar-refractivity contribution in [1.29, 1.82) is 0 Å². The second-order valence-corrected chi connectivity index (χ2v) is 5.18. The van der Waals surface area contributed by atoms with Crippen LogP contribution in [0.25, 0.3) is 22.4 Å². The van der Waals surface area contributed by atoms with Gasteiger partial charge in [-0.3, -0.25) is 4.79 Å². The highest BCUT2D eigenvalue weighted by Gasteiger charge is 2.06. The molecule has 0 unspecified atom stereocenters. The predicted molar refractivity (Wildman–Crippen MR) is 73.8 cm³/mol. The van der Waals surface area contributed by atoms with Gasteiger partial charge >= 0.3 is 0 Å². The van der Waals surface area contributed by atoms with Crippen molar-refractivity contribution in [2.45, 2.75) is 6.92 Å². The second kappa shape index (κ2) is 4.43. The number of hydrogen-bond donors (Lipinski definition) is 1. The summed E-state index contributed by atoms with van der Waals surface area (Å²) in [7, 11) is 0. The SMILES string of the molecule is Cc1csc2nc(/C=C/c3csnn3)[nH]c(=O)c12. The van der Waals surface area contributed by atoms with Crippen LogP contribution in [0.1, 0.15) is 17.1 Å². The Morgan fingerprint density at radius 3 is 3.00 bits per heavy atom. The molecule has 0 spiro atoms. The van der Waals surface area contributed by atoms with E-state index in [2.05, 4.69) is 19.6 Å². The van der Waals surface area contributed by atoms with E-state index in [1.807, 2.05) is 17.7 Å². The van der Waals surface area contributed by atoms with E-state index in [9.17, 15) is 4.79 Å². The smallest absolute Gasteiger partial charge is 0.260 e. The number of nitrogens with zero attached hydrogens (tertiary/aromatic N) is 3. The average molecular weight is 276 g/mol. The highest BCUT2D eigenvalue weighted by molar-refractivity contribution is 7.16. The van der Waals surface area contributed by atoms with Crippen LogP contribution in [-0.4, -0.2) is 19.6 Å². The molecule has 3 aromatic heterocycles. The normalized spacial score (nSPS) is 11.6. The fourth-order valence-electron chi connectivity index (χ4n) is 1.59. The lowest BCUT2D eigenvalue weighted by Crippen LogP contribution is -2.08. The van der Waals surface area contributed by atoms with Crippen LogP contribution >= 0.6 is 22.9 Å². The molecule has 1 N–H and O–H groups in total. The maximum Gasteiger partial charge on any atom is 0.260 e. The molecule has 3 rings (SSSR count). The Morgan fingerprint density at radius 2 is 2.22 bits per heavy atom. The van der Waals surface area contributed by atoms with Crippen LogP contribution in [0.3, 0.4) is 0 Å². The van der Waals surface area contributed by atoms with Crippen molar-refractivity contribution >= 4 is 45.2 Å². The summed E-state index contributed by atoms with van der Waals surface area (Å²) in [5, 5.41) is 8.32. The zero-order valence-corrected chi connectivity index (χ0v) is 11.0. The van der Waals surface area contributed by atoms with E-state index >= 15 is 0 Å². The van der Waals surface area contributed by atoms with Gasteiger partial charge in [-0.25, -0.2) is 4.98 Å². The lowest BCUT2D eigenvalue weighted by Gasteiger charge is -1.94. The first kappa shape index (κ1) is 11.2. The van der Waals surface area contributed by atoms with E-state index in [4.69, 9.17) is 0 Å². The topological polar surface area (TPSA) is 71.5 Å². The van der Waals surface area contributed by atoms with Crippen LogP contribution < -0.4 is 5.56 Å². The Morgan fingerprint density at radius 1 is 1.33 bits per heavy atom. The molecule has 0 aliphatic carbocycles. The number of rotatable bonds is 2. The molecule has 18 heavy (non-hydrogen) atoms. The molecule has 0 amide bonds. The van der Waals surface area contributed by atoms with Gasteiger partial charge in [0.05, 0.1) is 11.1 Å². The number of thiophene rings is 1. The first-order valence-electron chi connectivity index (χ1n) is 5.17. The molecule has 3 heterocycles. The largest absolute Gasteiger partial charge is 0.306 e. The Hall–Kier alpha value is -1.86. The van der Waals surface area contributed by atoms with Crippen molar-refractivity contribution in [3.8, 4) is 0 Å². The molecule has 90 valence electrons. The summed E-state index contributed by atoms with van der Waals surface area (Å²) in [6, 6.07) is 0. The van der Waals surface area contributed by atoms with Gasteiger partial charge in [0.2, 0.25) is 0 Å². The molecule has 5 nitrogen and oxygen atoms in total. The lowest BCUT2D eigenvalue weighted by molar-refractivity contribution is 1.13. The fraction of sp³-hybridized carbons (Fsp3) is 0.0909. The van der Waals surface area contributed by atoms with Gasteiger partial charge in [-0.05, 0) is 41.6 Å². The minimum absolute atomic E-state index is 0.102. The van der Waals surface area contributed by atoms with Crippen LogP contribution in [0.4, 0.5) is 0 Å². The Kier molecular flexibility index (Phi) is 2.77. The van der Waals surface area contributed by atoms with E-state index < -0.39 is 0 Å². The first-order chi connectivity index (χ1) is 8.74. The van der Waals surface area contributed by atoms with Gasteiger partial charge in [0.1, 0.15) is 10.7 Å². The highest BCUT2D eigenvalue weighted by atomic mass is 32.1. The Bertz CT molecular complexity index is 770. The van der Waals surface area contributed by atoms with Crippen LogP contribution in [0.15, 0.2) is 15.6 Å². The summed E-state index contributed by atoms with van der Waals surface area (Å²) in [5.74, 6) is 0.530. The van der Waals surface area contributed by atoms with Gasteiger partial charge in [0.15, 0.2) is 0 Å². The van der Waals surface area contributed by atoms with E-state index in [0.717, 1.165) is 16.1 Å².